The van der Waals surface area contributed by atoms with Crippen LogP contribution in [0.4, 0.5) is 0 Å². The number of hydrogen-bond acceptors (Lipinski definition) is 2. The summed E-state index contributed by atoms with van der Waals surface area (Å²) in [5.41, 5.74) is 3.14. The minimum atomic E-state index is 0.779. The van der Waals surface area contributed by atoms with Gasteiger partial charge < -0.3 is 0 Å². The molecule has 0 amide bonds. The highest BCUT2D eigenvalue weighted by atomic mass is 15.5. The highest BCUT2D eigenvalue weighted by Gasteiger charge is 2.07. The van der Waals surface area contributed by atoms with Gasteiger partial charge in [0.05, 0.1) is 6.54 Å². The zero-order chi connectivity index (χ0) is 8.53. The molecule has 0 aliphatic heterocycles. The number of nitrogens with one attached hydrogen (secondary N) is 1. The molecule has 0 rings (SSSR count). The lowest BCUT2D eigenvalue weighted by molar-refractivity contribution is 0.383. The average molecular weight is 152 g/mol. The van der Waals surface area contributed by atoms with E-state index in [1.54, 1.807) is 0 Å². The molecule has 61 valence electrons. The van der Waals surface area contributed by atoms with Crippen molar-refractivity contribution in [1.82, 2.24) is 10.4 Å². The maximum Gasteiger partial charge on any atom is 0.163 e. The smallest absolute Gasteiger partial charge is 0.114 e. The van der Waals surface area contributed by atoms with Gasteiger partial charge in [0.25, 0.3) is 0 Å². The fourth-order valence-electron chi connectivity index (χ4n) is 0.709. The lowest BCUT2D eigenvalue weighted by Gasteiger charge is -2.05. The molecule has 0 atom stereocenters. The quantitative estimate of drug-likeness (QED) is 0.329. The highest BCUT2D eigenvalue weighted by molar-refractivity contribution is 4.82. The molecule has 1 N–H and O–H groups in total. The van der Waals surface area contributed by atoms with E-state index >= 15 is 0 Å². The van der Waals surface area contributed by atoms with Crippen LogP contribution >= 0.6 is 0 Å². The summed E-state index contributed by atoms with van der Waals surface area (Å²) in [6.45, 7) is 13.3. The third-order valence-electron chi connectivity index (χ3n) is 1.16. The van der Waals surface area contributed by atoms with Gasteiger partial charge in [-0.05, 0) is 12.2 Å². The molecule has 0 aliphatic rings. The molecular formula is C9H16N2+. The first-order valence-electron chi connectivity index (χ1n) is 3.66. The lowest BCUT2D eigenvalue weighted by Crippen LogP contribution is -2.43. The van der Waals surface area contributed by atoms with Crippen LogP contribution < -0.4 is 10.4 Å². The molecule has 2 nitrogen and oxygen atoms in total. The van der Waals surface area contributed by atoms with Crippen LogP contribution in [0.25, 0.3) is 0 Å². The van der Waals surface area contributed by atoms with Crippen molar-refractivity contribution in [3.05, 3.63) is 38.0 Å². The zero-order valence-corrected chi connectivity index (χ0v) is 6.92. The van der Waals surface area contributed by atoms with E-state index < -0.39 is 0 Å². The van der Waals surface area contributed by atoms with Crippen LogP contribution in [0, 0.1) is 0 Å². The molecule has 0 aliphatic carbocycles. The molecule has 0 aromatic rings. The van der Waals surface area contributed by atoms with E-state index in [1.807, 2.05) is 23.2 Å². The summed E-state index contributed by atoms with van der Waals surface area (Å²) in [7, 11) is 0. The number of nitrogens with zero attached hydrogens (tertiary/aromatic N) is 1. The summed E-state index contributed by atoms with van der Waals surface area (Å²) in [5, 5.41) is 2.02. The molecule has 0 bridgehead atoms. The predicted molar refractivity (Wildman–Crippen MR) is 50.5 cm³/mol. The Morgan fingerprint density at radius 1 is 1.00 bits per heavy atom. The molecule has 0 saturated heterocycles. The zero-order valence-electron chi connectivity index (χ0n) is 6.92. The van der Waals surface area contributed by atoms with Crippen LogP contribution in [0.5, 0.6) is 0 Å². The van der Waals surface area contributed by atoms with Gasteiger partial charge in [-0.25, -0.2) is 0 Å². The minimum Gasteiger partial charge on any atom is -0.114 e. The summed E-state index contributed by atoms with van der Waals surface area (Å²) >= 11 is 0. The molecule has 2 heteroatoms. The highest BCUT2D eigenvalue weighted by Crippen LogP contribution is 1.78. The standard InChI is InChI=1S/C9H16N2/c1-4-7-10-11(8-5-2)9-6-3/h4-6,10H,1-3,7-9H2/q+1. The van der Waals surface area contributed by atoms with Crippen molar-refractivity contribution < 1.29 is 0 Å². The van der Waals surface area contributed by atoms with E-state index in [-0.39, 0.29) is 0 Å². The third kappa shape index (κ3) is 5.58. The van der Waals surface area contributed by atoms with Crippen molar-refractivity contribution in [2.24, 2.45) is 0 Å². The van der Waals surface area contributed by atoms with Crippen molar-refractivity contribution in [3.63, 3.8) is 0 Å². The summed E-state index contributed by atoms with van der Waals surface area (Å²) in [6, 6.07) is 0. The van der Waals surface area contributed by atoms with Gasteiger partial charge in [0.15, 0.2) is 13.1 Å². The average Bonchev–Trinajstić information content (AvgIpc) is 2.01. The van der Waals surface area contributed by atoms with Crippen LogP contribution in [0.2, 0.25) is 0 Å². The van der Waals surface area contributed by atoms with Crippen LogP contribution in [0.15, 0.2) is 38.0 Å². The normalized spacial score (nSPS) is 9.55. The minimum absolute atomic E-state index is 0.779. The van der Waals surface area contributed by atoms with Gasteiger partial charge in [-0.15, -0.1) is 12.0 Å². The van der Waals surface area contributed by atoms with Crippen molar-refractivity contribution in [2.75, 3.05) is 19.6 Å². The molecule has 0 aromatic heterocycles. The predicted octanol–water partition coefficient (Wildman–Crippen LogP) is 1.19. The molecular weight excluding hydrogens is 136 g/mol. The lowest BCUT2D eigenvalue weighted by atomic mass is 10.5. The molecule has 0 unspecified atom stereocenters. The second kappa shape index (κ2) is 7.25. The molecule has 0 fully saturated rings. The second-order valence-corrected chi connectivity index (χ2v) is 2.13. The maximum atomic E-state index is 3.65. The van der Waals surface area contributed by atoms with E-state index in [4.69, 9.17) is 0 Å². The molecule has 1 radical (unpaired) electrons. The number of hydrogen-bond donors (Lipinski definition) is 1. The van der Waals surface area contributed by atoms with E-state index in [9.17, 15) is 0 Å². The number of rotatable bonds is 7. The van der Waals surface area contributed by atoms with Crippen LogP contribution in [-0.4, -0.2) is 19.6 Å². The Hall–Kier alpha value is -0.860. The first-order valence-corrected chi connectivity index (χ1v) is 3.66. The van der Waals surface area contributed by atoms with Gasteiger partial charge >= 0.3 is 0 Å². The summed E-state index contributed by atoms with van der Waals surface area (Å²) in [5.74, 6) is 0. The van der Waals surface area contributed by atoms with Crippen LogP contribution in [0.3, 0.4) is 0 Å². The van der Waals surface area contributed by atoms with E-state index in [0.717, 1.165) is 19.6 Å². The molecule has 11 heavy (non-hydrogen) atoms. The summed E-state index contributed by atoms with van der Waals surface area (Å²) < 4.78 is 0. The monoisotopic (exact) mass is 152 g/mol. The van der Waals surface area contributed by atoms with Crippen LogP contribution in [-0.2, 0) is 0 Å². The Bertz CT molecular complexity index is 120. The molecule has 0 heterocycles. The van der Waals surface area contributed by atoms with Crippen molar-refractivity contribution >= 4 is 0 Å². The Balaban J connectivity index is 3.57. The Labute approximate surface area is 68.9 Å². The third-order valence-corrected chi connectivity index (χ3v) is 1.16. The van der Waals surface area contributed by atoms with Gasteiger partial charge in [-0.3, -0.25) is 0 Å². The Morgan fingerprint density at radius 2 is 1.55 bits per heavy atom. The SMILES string of the molecule is C=CCN[N+](CC=C)CC=C. The molecule has 0 saturated carbocycles. The van der Waals surface area contributed by atoms with Gasteiger partial charge in [-0.2, -0.15) is 0 Å². The first-order chi connectivity index (χ1) is 5.35. The van der Waals surface area contributed by atoms with Crippen LogP contribution in [0.1, 0.15) is 0 Å². The van der Waals surface area contributed by atoms with Crippen molar-refractivity contribution in [1.29, 1.82) is 0 Å². The Morgan fingerprint density at radius 3 is 1.91 bits per heavy atom. The first kappa shape index (κ1) is 10.1. The van der Waals surface area contributed by atoms with Gasteiger partial charge in [0.2, 0.25) is 0 Å². The fourth-order valence-corrected chi connectivity index (χ4v) is 0.709. The van der Waals surface area contributed by atoms with E-state index in [0.29, 0.717) is 0 Å². The van der Waals surface area contributed by atoms with Crippen molar-refractivity contribution in [2.45, 2.75) is 0 Å². The van der Waals surface area contributed by atoms with Crippen molar-refractivity contribution in [3.8, 4) is 0 Å². The van der Waals surface area contributed by atoms with Gasteiger partial charge in [-0.1, -0.05) is 24.2 Å². The largest absolute Gasteiger partial charge is 0.163 e. The van der Waals surface area contributed by atoms with E-state index in [2.05, 4.69) is 25.2 Å². The topological polar surface area (TPSA) is 17.9 Å². The summed E-state index contributed by atoms with van der Waals surface area (Å²) in [6.07, 6.45) is 5.51. The van der Waals surface area contributed by atoms with E-state index in [1.165, 1.54) is 0 Å². The fraction of sp³-hybridized carbons (Fsp3) is 0.333. The number of hydrazine groups is 1. The molecule has 0 spiro atoms. The van der Waals surface area contributed by atoms with Gasteiger partial charge in [0, 0.05) is 0 Å². The second-order valence-electron chi connectivity index (χ2n) is 2.13. The molecule has 0 aromatic carbocycles. The maximum absolute atomic E-state index is 3.65. The Kier molecular flexibility index (Phi) is 6.68. The summed E-state index contributed by atoms with van der Waals surface area (Å²) in [4.78, 5) is 0. The van der Waals surface area contributed by atoms with Gasteiger partial charge in [0.1, 0.15) is 0 Å².